The normalized spacial score (nSPS) is 11.6. The van der Waals surface area contributed by atoms with Gasteiger partial charge in [0.1, 0.15) is 11.8 Å². The van der Waals surface area contributed by atoms with E-state index in [9.17, 15) is 9.59 Å². The van der Waals surface area contributed by atoms with Gasteiger partial charge in [0.2, 0.25) is 5.91 Å². The molecule has 2 amide bonds. The zero-order valence-electron chi connectivity index (χ0n) is 17.6. The monoisotopic (exact) mass is 494 g/mol. The first-order chi connectivity index (χ1) is 14.4. The molecule has 0 aliphatic rings. The van der Waals surface area contributed by atoms with Crippen LogP contribution in [0.1, 0.15) is 38.3 Å². The van der Waals surface area contributed by atoms with Crippen molar-refractivity contribution in [2.45, 2.75) is 46.2 Å². The second-order valence-corrected chi connectivity index (χ2v) is 8.25. The van der Waals surface area contributed by atoms with Crippen molar-refractivity contribution >= 4 is 39.3 Å². The van der Waals surface area contributed by atoms with E-state index in [1.54, 1.807) is 13.0 Å². The number of nitrogens with one attached hydrogen (secondary N) is 1. The molecule has 2 aromatic rings. The second-order valence-electron chi connectivity index (χ2n) is 6.99. The van der Waals surface area contributed by atoms with Crippen LogP contribution >= 0.6 is 27.5 Å². The lowest BCUT2D eigenvalue weighted by Crippen LogP contribution is -2.49. The van der Waals surface area contributed by atoms with Gasteiger partial charge in [0.15, 0.2) is 6.61 Å². The van der Waals surface area contributed by atoms with Gasteiger partial charge in [-0.25, -0.2) is 0 Å². The minimum Gasteiger partial charge on any atom is -0.483 e. The lowest BCUT2D eigenvalue weighted by Gasteiger charge is -2.29. The van der Waals surface area contributed by atoms with Crippen LogP contribution in [0.5, 0.6) is 5.75 Å². The number of hydrogen-bond acceptors (Lipinski definition) is 3. The standard InChI is InChI=1S/C23H28BrClN2O3/c1-4-12-26-23(29)16(3)27(14-18-8-6-7-9-20(18)25)22(28)15-30-21-11-10-17(5-2)13-19(21)24/h6-11,13,16H,4-5,12,14-15H2,1-3H3,(H,26,29)/t16-/m0/s1. The van der Waals surface area contributed by atoms with Gasteiger partial charge < -0.3 is 15.0 Å². The molecule has 0 unspecified atom stereocenters. The Balaban J connectivity index is 2.16. The summed E-state index contributed by atoms with van der Waals surface area (Å²) in [4.78, 5) is 27.1. The van der Waals surface area contributed by atoms with Gasteiger partial charge in [-0.2, -0.15) is 0 Å². The van der Waals surface area contributed by atoms with Crippen LogP contribution in [0.15, 0.2) is 46.9 Å². The van der Waals surface area contributed by atoms with Crippen LogP contribution in [0.25, 0.3) is 0 Å². The van der Waals surface area contributed by atoms with Crippen molar-refractivity contribution in [3.8, 4) is 5.75 Å². The van der Waals surface area contributed by atoms with Gasteiger partial charge in [0, 0.05) is 18.1 Å². The summed E-state index contributed by atoms with van der Waals surface area (Å²) in [6.07, 6.45) is 1.73. The van der Waals surface area contributed by atoms with Gasteiger partial charge in [-0.3, -0.25) is 9.59 Å². The molecule has 2 rings (SSSR count). The minimum absolute atomic E-state index is 0.181. The predicted octanol–water partition coefficient (Wildman–Crippen LogP) is 4.99. The summed E-state index contributed by atoms with van der Waals surface area (Å²) in [7, 11) is 0. The summed E-state index contributed by atoms with van der Waals surface area (Å²) >= 11 is 9.77. The van der Waals surface area contributed by atoms with E-state index in [0.29, 0.717) is 17.3 Å². The number of aryl methyl sites for hydroxylation is 1. The van der Waals surface area contributed by atoms with E-state index in [-0.39, 0.29) is 25.0 Å². The quantitative estimate of drug-likeness (QED) is 0.505. The molecule has 0 aromatic heterocycles. The number of ether oxygens (including phenoxy) is 1. The van der Waals surface area contributed by atoms with Crippen molar-refractivity contribution in [3.05, 3.63) is 63.1 Å². The Bertz CT molecular complexity index is 875. The summed E-state index contributed by atoms with van der Waals surface area (Å²) in [5.74, 6) is 0.0904. The van der Waals surface area contributed by atoms with Crippen molar-refractivity contribution in [3.63, 3.8) is 0 Å². The molecule has 0 heterocycles. The summed E-state index contributed by atoms with van der Waals surface area (Å²) in [5, 5.41) is 3.40. The zero-order valence-corrected chi connectivity index (χ0v) is 19.9. The number of amides is 2. The molecule has 0 bridgehead atoms. The average molecular weight is 496 g/mol. The fourth-order valence-electron chi connectivity index (χ4n) is 2.89. The highest BCUT2D eigenvalue weighted by atomic mass is 79.9. The molecule has 0 radical (unpaired) electrons. The van der Waals surface area contributed by atoms with Crippen molar-refractivity contribution in [1.82, 2.24) is 10.2 Å². The van der Waals surface area contributed by atoms with Crippen molar-refractivity contribution in [2.75, 3.05) is 13.2 Å². The smallest absolute Gasteiger partial charge is 0.261 e. The van der Waals surface area contributed by atoms with Crippen LogP contribution in [-0.2, 0) is 22.6 Å². The summed E-state index contributed by atoms with van der Waals surface area (Å²) in [5.41, 5.74) is 1.94. The number of carbonyl (C=O) groups is 2. The molecule has 0 saturated heterocycles. The SMILES string of the molecule is CCCNC(=O)[C@H](C)N(Cc1ccccc1Cl)C(=O)COc1ccc(CC)cc1Br. The summed E-state index contributed by atoms with van der Waals surface area (Å²) in [6, 6.07) is 12.4. The van der Waals surface area contributed by atoms with Crippen LogP contribution in [-0.4, -0.2) is 35.9 Å². The lowest BCUT2D eigenvalue weighted by molar-refractivity contribution is -0.142. The molecular formula is C23H28BrClN2O3. The van der Waals surface area contributed by atoms with Crippen molar-refractivity contribution < 1.29 is 14.3 Å². The molecule has 0 spiro atoms. The van der Waals surface area contributed by atoms with E-state index in [4.69, 9.17) is 16.3 Å². The van der Waals surface area contributed by atoms with Crippen LogP contribution in [0, 0.1) is 0 Å². The maximum absolute atomic E-state index is 13.0. The van der Waals surface area contributed by atoms with E-state index >= 15 is 0 Å². The van der Waals surface area contributed by atoms with Gasteiger partial charge in [0.25, 0.3) is 5.91 Å². The average Bonchev–Trinajstić information content (AvgIpc) is 2.75. The van der Waals surface area contributed by atoms with E-state index < -0.39 is 6.04 Å². The Labute approximate surface area is 191 Å². The molecule has 1 N–H and O–H groups in total. The molecule has 7 heteroatoms. The number of benzene rings is 2. The highest BCUT2D eigenvalue weighted by Gasteiger charge is 2.27. The maximum atomic E-state index is 13.0. The molecule has 30 heavy (non-hydrogen) atoms. The fourth-order valence-corrected chi connectivity index (χ4v) is 3.63. The number of halogens is 2. The summed E-state index contributed by atoms with van der Waals surface area (Å²) in [6.45, 7) is 6.37. The molecule has 1 atom stereocenters. The first kappa shape index (κ1) is 24.2. The molecule has 2 aromatic carbocycles. The molecule has 0 aliphatic carbocycles. The van der Waals surface area contributed by atoms with Crippen molar-refractivity contribution in [1.29, 1.82) is 0 Å². The third-order valence-corrected chi connectivity index (χ3v) is 5.76. The third kappa shape index (κ3) is 6.74. The fraction of sp³-hybridized carbons (Fsp3) is 0.391. The van der Waals surface area contributed by atoms with Gasteiger partial charge in [-0.05, 0) is 65.0 Å². The van der Waals surface area contributed by atoms with Gasteiger partial charge in [-0.15, -0.1) is 0 Å². The van der Waals surface area contributed by atoms with E-state index in [1.807, 2.05) is 43.3 Å². The third-order valence-electron chi connectivity index (χ3n) is 4.77. The van der Waals surface area contributed by atoms with E-state index in [0.717, 1.165) is 22.9 Å². The van der Waals surface area contributed by atoms with Gasteiger partial charge in [-0.1, -0.05) is 49.7 Å². The first-order valence-corrected chi connectivity index (χ1v) is 11.3. The maximum Gasteiger partial charge on any atom is 0.261 e. The van der Waals surface area contributed by atoms with Crippen LogP contribution in [0.3, 0.4) is 0 Å². The van der Waals surface area contributed by atoms with Crippen molar-refractivity contribution in [2.24, 2.45) is 0 Å². The highest BCUT2D eigenvalue weighted by molar-refractivity contribution is 9.10. The van der Waals surface area contributed by atoms with Crippen LogP contribution in [0.2, 0.25) is 5.02 Å². The van der Waals surface area contributed by atoms with Gasteiger partial charge in [0.05, 0.1) is 4.47 Å². The van der Waals surface area contributed by atoms with Gasteiger partial charge >= 0.3 is 0 Å². The number of rotatable bonds is 10. The Hall–Kier alpha value is -2.05. The minimum atomic E-state index is -0.658. The zero-order chi connectivity index (χ0) is 22.1. The second kappa shape index (κ2) is 12.0. The molecule has 5 nitrogen and oxygen atoms in total. The largest absolute Gasteiger partial charge is 0.483 e. The predicted molar refractivity (Wildman–Crippen MR) is 124 cm³/mol. The number of hydrogen-bond donors (Lipinski definition) is 1. The van der Waals surface area contributed by atoms with E-state index in [2.05, 4.69) is 28.2 Å². The Kier molecular flexibility index (Phi) is 9.66. The van der Waals surface area contributed by atoms with E-state index in [1.165, 1.54) is 10.5 Å². The number of carbonyl (C=O) groups excluding carboxylic acids is 2. The highest BCUT2D eigenvalue weighted by Crippen LogP contribution is 2.26. The Morgan fingerprint density at radius 3 is 2.57 bits per heavy atom. The topological polar surface area (TPSA) is 58.6 Å². The Morgan fingerprint density at radius 2 is 1.93 bits per heavy atom. The molecular weight excluding hydrogens is 468 g/mol. The molecule has 0 saturated carbocycles. The number of nitrogens with zero attached hydrogens (tertiary/aromatic N) is 1. The summed E-state index contributed by atoms with van der Waals surface area (Å²) < 4.78 is 6.55. The molecule has 0 aliphatic heterocycles. The molecule has 162 valence electrons. The van der Waals surface area contributed by atoms with Crippen LogP contribution < -0.4 is 10.1 Å². The molecule has 0 fully saturated rings. The van der Waals surface area contributed by atoms with Crippen LogP contribution in [0.4, 0.5) is 0 Å². The first-order valence-electron chi connectivity index (χ1n) is 10.1. The lowest BCUT2D eigenvalue weighted by atomic mass is 10.1. The Morgan fingerprint density at radius 1 is 1.20 bits per heavy atom.